The summed E-state index contributed by atoms with van der Waals surface area (Å²) in [5.74, 6) is 1.54. The van der Waals surface area contributed by atoms with E-state index in [0.717, 1.165) is 37.7 Å². The second-order valence-electron chi connectivity index (χ2n) is 9.26. The molecule has 25 heavy (non-hydrogen) atoms. The highest BCUT2D eigenvalue weighted by molar-refractivity contribution is 5.28. The third-order valence-corrected chi connectivity index (χ3v) is 8.74. The summed E-state index contributed by atoms with van der Waals surface area (Å²) in [7, 11) is 3.49. The molecular formula is C21H34O4. The maximum absolute atomic E-state index is 11.3. The van der Waals surface area contributed by atoms with Gasteiger partial charge in [-0.3, -0.25) is 0 Å². The van der Waals surface area contributed by atoms with E-state index < -0.39 is 17.6 Å². The van der Waals surface area contributed by atoms with E-state index in [4.69, 9.17) is 9.47 Å². The van der Waals surface area contributed by atoms with Crippen molar-refractivity contribution in [2.75, 3.05) is 14.2 Å². The maximum atomic E-state index is 11.3. The minimum absolute atomic E-state index is 0.110. The van der Waals surface area contributed by atoms with Crippen LogP contribution in [0.25, 0.3) is 0 Å². The largest absolute Gasteiger partial charge is 0.392 e. The number of fused-ring (bicyclic) bond motifs is 3. The average Bonchev–Trinajstić information content (AvgIpc) is 2.61. The Morgan fingerprint density at radius 3 is 2.52 bits per heavy atom. The summed E-state index contributed by atoms with van der Waals surface area (Å²) in [6.45, 7) is 6.52. The highest BCUT2D eigenvalue weighted by Crippen LogP contribution is 2.71. The van der Waals surface area contributed by atoms with Gasteiger partial charge >= 0.3 is 0 Å². The lowest BCUT2D eigenvalue weighted by Gasteiger charge is -2.70. The summed E-state index contributed by atoms with van der Waals surface area (Å²) < 4.78 is 11.8. The lowest BCUT2D eigenvalue weighted by molar-refractivity contribution is -0.311. The number of hydrogen-bond acceptors (Lipinski definition) is 4. The Kier molecular flexibility index (Phi) is 4.35. The fourth-order valence-electron chi connectivity index (χ4n) is 7.74. The summed E-state index contributed by atoms with van der Waals surface area (Å²) in [4.78, 5) is 0. The number of rotatable bonds is 3. The molecule has 5 aliphatic carbocycles. The van der Waals surface area contributed by atoms with Gasteiger partial charge in [-0.1, -0.05) is 26.3 Å². The minimum Gasteiger partial charge on any atom is -0.392 e. The minimum atomic E-state index is -0.593. The summed E-state index contributed by atoms with van der Waals surface area (Å²) in [6.07, 6.45) is 5.83. The van der Waals surface area contributed by atoms with Gasteiger partial charge in [0, 0.05) is 25.0 Å². The molecule has 0 aromatic heterocycles. The summed E-state index contributed by atoms with van der Waals surface area (Å²) in [6, 6.07) is 0. The van der Waals surface area contributed by atoms with Crippen molar-refractivity contribution in [3.8, 4) is 0 Å². The first-order valence-corrected chi connectivity index (χ1v) is 10.0. The van der Waals surface area contributed by atoms with Crippen molar-refractivity contribution in [3.63, 3.8) is 0 Å². The molecule has 5 rings (SSSR count). The molecule has 0 aliphatic heterocycles. The van der Waals surface area contributed by atoms with Gasteiger partial charge in [0.25, 0.3) is 0 Å². The van der Waals surface area contributed by atoms with Crippen LogP contribution < -0.4 is 0 Å². The van der Waals surface area contributed by atoms with Crippen LogP contribution in [0.4, 0.5) is 0 Å². The standard InChI is InChI=1S/C21H34O4/c1-12-6-5-8-20(19(24-3)25-4)15(12)11-17(22)21-9-7-14(10-16(20)21)13(2)18(21)23/h12,14-19,22-23H,2,5-11H2,1,3-4H3/t12?,14-,15?,16?,17+,18-,20-,21+/m0/s1. The number of ether oxygens (including phenoxy) is 2. The Balaban J connectivity index is 1.87. The number of hydrogen-bond donors (Lipinski definition) is 2. The van der Waals surface area contributed by atoms with Crippen LogP contribution in [0.3, 0.4) is 0 Å². The summed E-state index contributed by atoms with van der Waals surface area (Å²) >= 11 is 0. The van der Waals surface area contributed by atoms with Gasteiger partial charge in [0.05, 0.1) is 12.2 Å². The lowest BCUT2D eigenvalue weighted by atomic mass is 9.36. The third kappa shape index (κ3) is 2.08. The van der Waals surface area contributed by atoms with Crippen molar-refractivity contribution < 1.29 is 19.7 Å². The molecule has 5 saturated carbocycles. The molecule has 0 saturated heterocycles. The second kappa shape index (κ2) is 6.05. The quantitative estimate of drug-likeness (QED) is 0.606. The van der Waals surface area contributed by atoms with Crippen LogP contribution in [0.5, 0.6) is 0 Å². The van der Waals surface area contributed by atoms with E-state index in [1.165, 1.54) is 12.8 Å². The first-order chi connectivity index (χ1) is 11.9. The van der Waals surface area contributed by atoms with Crippen LogP contribution in [-0.2, 0) is 9.47 Å². The zero-order chi connectivity index (χ0) is 18.0. The van der Waals surface area contributed by atoms with Gasteiger partial charge in [0.2, 0.25) is 0 Å². The molecule has 2 bridgehead atoms. The topological polar surface area (TPSA) is 58.9 Å². The zero-order valence-electron chi connectivity index (χ0n) is 15.9. The Morgan fingerprint density at radius 1 is 1.12 bits per heavy atom. The molecule has 3 unspecified atom stereocenters. The fraction of sp³-hybridized carbons (Fsp3) is 0.905. The van der Waals surface area contributed by atoms with Crippen molar-refractivity contribution in [2.24, 2.45) is 34.5 Å². The van der Waals surface area contributed by atoms with E-state index in [2.05, 4.69) is 13.5 Å². The number of aliphatic hydroxyl groups excluding tert-OH is 2. The molecule has 8 atom stereocenters. The van der Waals surface area contributed by atoms with Gasteiger partial charge in [0.15, 0.2) is 6.29 Å². The van der Waals surface area contributed by atoms with Crippen molar-refractivity contribution in [3.05, 3.63) is 12.2 Å². The molecule has 1 spiro atoms. The van der Waals surface area contributed by atoms with Gasteiger partial charge in [-0.25, -0.2) is 0 Å². The van der Waals surface area contributed by atoms with Crippen LogP contribution in [0.15, 0.2) is 12.2 Å². The molecule has 2 N–H and O–H groups in total. The molecular weight excluding hydrogens is 316 g/mol. The summed E-state index contributed by atoms with van der Waals surface area (Å²) in [5.41, 5.74) is 0.375. The number of methoxy groups -OCH3 is 2. The zero-order valence-corrected chi connectivity index (χ0v) is 15.9. The fourth-order valence-corrected chi connectivity index (χ4v) is 7.74. The molecule has 0 aromatic carbocycles. The second-order valence-corrected chi connectivity index (χ2v) is 9.26. The molecule has 0 amide bonds. The van der Waals surface area contributed by atoms with Gasteiger partial charge in [0.1, 0.15) is 0 Å². The van der Waals surface area contributed by atoms with Crippen LogP contribution in [-0.4, -0.2) is 42.9 Å². The van der Waals surface area contributed by atoms with Gasteiger partial charge in [-0.15, -0.1) is 0 Å². The van der Waals surface area contributed by atoms with Gasteiger partial charge in [-0.05, 0) is 61.3 Å². The maximum Gasteiger partial charge on any atom is 0.162 e. The first-order valence-electron chi connectivity index (χ1n) is 10.0. The average molecular weight is 350 g/mol. The number of aliphatic hydroxyl groups is 2. The Labute approximate surface area is 151 Å². The van der Waals surface area contributed by atoms with E-state index in [9.17, 15) is 10.2 Å². The first kappa shape index (κ1) is 18.0. The highest BCUT2D eigenvalue weighted by atomic mass is 16.7. The van der Waals surface area contributed by atoms with E-state index in [-0.39, 0.29) is 17.6 Å². The molecule has 4 heteroatoms. The van der Waals surface area contributed by atoms with Crippen LogP contribution in [0, 0.1) is 34.5 Å². The highest BCUT2D eigenvalue weighted by Gasteiger charge is 2.71. The smallest absolute Gasteiger partial charge is 0.162 e. The Hall–Kier alpha value is -0.420. The Bertz CT molecular complexity index is 544. The van der Waals surface area contributed by atoms with Gasteiger partial charge < -0.3 is 19.7 Å². The molecule has 142 valence electrons. The van der Waals surface area contributed by atoms with Crippen LogP contribution in [0.1, 0.15) is 51.9 Å². The molecule has 5 aliphatic rings. The van der Waals surface area contributed by atoms with Crippen molar-refractivity contribution in [2.45, 2.75) is 70.4 Å². The molecule has 4 nitrogen and oxygen atoms in total. The van der Waals surface area contributed by atoms with E-state index in [1.807, 2.05) is 0 Å². The predicted octanol–water partition coefficient (Wildman–Crippen LogP) is 3.13. The normalized spacial score (nSPS) is 52.2. The molecule has 0 aromatic rings. The molecule has 5 fully saturated rings. The lowest BCUT2D eigenvalue weighted by Crippen LogP contribution is -2.71. The van der Waals surface area contributed by atoms with Crippen molar-refractivity contribution in [1.82, 2.24) is 0 Å². The van der Waals surface area contributed by atoms with E-state index in [1.54, 1.807) is 14.2 Å². The predicted molar refractivity (Wildman–Crippen MR) is 95.8 cm³/mol. The SMILES string of the molecule is C=C1[C@H]2CC[C@]3(C(C2)[C@]2(C(OC)OC)CCCC(C)C2C[C@H]3O)[C@H]1O. The van der Waals surface area contributed by atoms with Crippen LogP contribution in [0.2, 0.25) is 0 Å². The van der Waals surface area contributed by atoms with Crippen molar-refractivity contribution in [1.29, 1.82) is 0 Å². The monoisotopic (exact) mass is 350 g/mol. The third-order valence-electron chi connectivity index (χ3n) is 8.74. The van der Waals surface area contributed by atoms with Crippen molar-refractivity contribution >= 4 is 0 Å². The van der Waals surface area contributed by atoms with Gasteiger partial charge in [-0.2, -0.15) is 0 Å². The Morgan fingerprint density at radius 2 is 1.84 bits per heavy atom. The molecule has 0 heterocycles. The molecule has 0 radical (unpaired) electrons. The van der Waals surface area contributed by atoms with E-state index >= 15 is 0 Å². The van der Waals surface area contributed by atoms with E-state index in [0.29, 0.717) is 17.8 Å². The summed E-state index contributed by atoms with van der Waals surface area (Å²) in [5, 5.41) is 22.5. The van der Waals surface area contributed by atoms with Crippen LogP contribution >= 0.6 is 0 Å².